The number of likely N-dealkylation sites (tertiary alicyclic amines) is 1. The summed E-state index contributed by atoms with van der Waals surface area (Å²) in [4.78, 5) is 15.6. The Bertz CT molecular complexity index is 553. The Morgan fingerprint density at radius 2 is 2.08 bits per heavy atom. The maximum Gasteiger partial charge on any atom is 0.223 e. The summed E-state index contributed by atoms with van der Waals surface area (Å²) < 4.78 is 10.5. The van der Waals surface area contributed by atoms with Crippen molar-refractivity contribution in [3.8, 4) is 11.5 Å². The number of thioether (sulfide) groups is 1. The fraction of sp³-hybridized carbons (Fsp3) is 0.611. The van der Waals surface area contributed by atoms with Gasteiger partial charge >= 0.3 is 0 Å². The van der Waals surface area contributed by atoms with E-state index in [4.69, 9.17) is 15.2 Å². The molecular formula is C18H28N2O3S. The van der Waals surface area contributed by atoms with Crippen LogP contribution in [0.4, 0.5) is 0 Å². The molecule has 0 aromatic heterocycles. The van der Waals surface area contributed by atoms with Crippen LogP contribution >= 0.6 is 11.8 Å². The monoisotopic (exact) mass is 352 g/mol. The van der Waals surface area contributed by atoms with E-state index in [-0.39, 0.29) is 11.9 Å². The van der Waals surface area contributed by atoms with E-state index in [0.29, 0.717) is 30.4 Å². The highest BCUT2D eigenvalue weighted by Gasteiger charge is 2.28. The summed E-state index contributed by atoms with van der Waals surface area (Å²) in [6, 6.07) is 6.02. The lowest BCUT2D eigenvalue weighted by atomic mass is 9.92. The van der Waals surface area contributed by atoms with Crippen molar-refractivity contribution in [3.05, 3.63) is 18.2 Å². The van der Waals surface area contributed by atoms with Crippen molar-refractivity contribution in [2.24, 2.45) is 11.7 Å². The zero-order valence-electron chi connectivity index (χ0n) is 14.8. The third-order valence-electron chi connectivity index (χ3n) is 4.51. The van der Waals surface area contributed by atoms with Gasteiger partial charge < -0.3 is 20.1 Å². The van der Waals surface area contributed by atoms with Crippen LogP contribution in [0.5, 0.6) is 11.5 Å². The van der Waals surface area contributed by atoms with E-state index in [0.717, 1.165) is 30.0 Å². The standard InChI is InChI=1S/C18H28N2O3S/c1-13-6-8-20(14(10-13)12-19)18(21)7-9-24-15-4-5-16(22-2)17(11-15)23-3/h4-5,11,13-14H,6-10,12,19H2,1-3H3. The highest BCUT2D eigenvalue weighted by Crippen LogP contribution is 2.32. The van der Waals surface area contributed by atoms with Crippen molar-refractivity contribution in [2.75, 3.05) is 33.1 Å². The van der Waals surface area contributed by atoms with Crippen LogP contribution in [0, 0.1) is 5.92 Å². The molecule has 6 heteroatoms. The molecule has 0 bridgehead atoms. The Balaban J connectivity index is 1.86. The summed E-state index contributed by atoms with van der Waals surface area (Å²) >= 11 is 1.66. The molecular weight excluding hydrogens is 324 g/mol. The molecule has 1 aliphatic rings. The summed E-state index contributed by atoms with van der Waals surface area (Å²) in [7, 11) is 3.25. The quantitative estimate of drug-likeness (QED) is 0.765. The normalized spacial score (nSPS) is 20.8. The van der Waals surface area contributed by atoms with Gasteiger partial charge in [0.15, 0.2) is 11.5 Å². The van der Waals surface area contributed by atoms with E-state index in [1.807, 2.05) is 23.1 Å². The van der Waals surface area contributed by atoms with Gasteiger partial charge in [-0.05, 0) is 37.0 Å². The smallest absolute Gasteiger partial charge is 0.223 e. The van der Waals surface area contributed by atoms with Gasteiger partial charge in [0.05, 0.1) is 14.2 Å². The van der Waals surface area contributed by atoms with Gasteiger partial charge in [-0.2, -0.15) is 0 Å². The zero-order valence-corrected chi connectivity index (χ0v) is 15.6. The maximum absolute atomic E-state index is 12.5. The van der Waals surface area contributed by atoms with Gasteiger partial charge in [0.2, 0.25) is 5.91 Å². The molecule has 2 unspecified atom stereocenters. The maximum atomic E-state index is 12.5. The molecule has 1 heterocycles. The Kier molecular flexibility index (Phi) is 7.24. The van der Waals surface area contributed by atoms with Crippen LogP contribution < -0.4 is 15.2 Å². The number of piperidine rings is 1. The number of hydrogen-bond donors (Lipinski definition) is 1. The summed E-state index contributed by atoms with van der Waals surface area (Å²) in [5, 5.41) is 0. The van der Waals surface area contributed by atoms with E-state index in [9.17, 15) is 4.79 Å². The van der Waals surface area contributed by atoms with E-state index in [1.54, 1.807) is 26.0 Å². The fourth-order valence-corrected chi connectivity index (χ4v) is 3.98. The highest BCUT2D eigenvalue weighted by molar-refractivity contribution is 7.99. The predicted octanol–water partition coefficient (Wildman–Crippen LogP) is 2.77. The average Bonchev–Trinajstić information content (AvgIpc) is 2.61. The second-order valence-corrected chi connectivity index (χ2v) is 7.39. The molecule has 0 spiro atoms. The second kappa shape index (κ2) is 9.18. The molecule has 2 rings (SSSR count). The van der Waals surface area contributed by atoms with Gasteiger partial charge in [-0.15, -0.1) is 11.8 Å². The molecule has 0 aliphatic carbocycles. The first kappa shape index (κ1) is 18.9. The number of nitrogens with two attached hydrogens (primary N) is 1. The molecule has 1 aliphatic heterocycles. The SMILES string of the molecule is COc1ccc(SCCC(=O)N2CCC(C)CC2CN)cc1OC. The van der Waals surface area contributed by atoms with Crippen LogP contribution in [-0.4, -0.2) is 49.9 Å². The molecule has 0 saturated carbocycles. The Hall–Kier alpha value is -1.40. The van der Waals surface area contributed by atoms with Crippen molar-refractivity contribution >= 4 is 17.7 Å². The van der Waals surface area contributed by atoms with Crippen molar-refractivity contribution in [2.45, 2.75) is 37.1 Å². The molecule has 2 atom stereocenters. The van der Waals surface area contributed by atoms with E-state index >= 15 is 0 Å². The van der Waals surface area contributed by atoms with Gasteiger partial charge in [-0.3, -0.25) is 4.79 Å². The van der Waals surface area contributed by atoms with Crippen LogP contribution in [0.25, 0.3) is 0 Å². The summed E-state index contributed by atoms with van der Waals surface area (Å²) in [6.45, 7) is 3.62. The van der Waals surface area contributed by atoms with Gasteiger partial charge in [-0.1, -0.05) is 6.92 Å². The molecule has 24 heavy (non-hydrogen) atoms. The van der Waals surface area contributed by atoms with Crippen LogP contribution in [0.3, 0.4) is 0 Å². The molecule has 134 valence electrons. The lowest BCUT2D eigenvalue weighted by Gasteiger charge is -2.38. The number of ether oxygens (including phenoxy) is 2. The number of carbonyl (C=O) groups is 1. The highest BCUT2D eigenvalue weighted by atomic mass is 32.2. The topological polar surface area (TPSA) is 64.8 Å². The number of rotatable bonds is 7. The fourth-order valence-electron chi connectivity index (χ4n) is 3.11. The van der Waals surface area contributed by atoms with Crippen LogP contribution in [0.15, 0.2) is 23.1 Å². The van der Waals surface area contributed by atoms with Crippen molar-refractivity contribution in [1.29, 1.82) is 0 Å². The molecule has 1 aromatic carbocycles. The van der Waals surface area contributed by atoms with Gasteiger partial charge in [-0.25, -0.2) is 0 Å². The number of hydrogen-bond acceptors (Lipinski definition) is 5. The summed E-state index contributed by atoms with van der Waals surface area (Å²) in [6.07, 6.45) is 2.63. The number of carbonyl (C=O) groups excluding carboxylic acids is 1. The zero-order chi connectivity index (χ0) is 17.5. The second-order valence-electron chi connectivity index (χ2n) is 6.22. The first-order chi connectivity index (χ1) is 11.6. The van der Waals surface area contributed by atoms with Gasteiger partial charge in [0, 0.05) is 36.2 Å². The minimum atomic E-state index is 0.201. The molecule has 1 fully saturated rings. The summed E-state index contributed by atoms with van der Waals surface area (Å²) in [5.74, 6) is 3.04. The predicted molar refractivity (Wildman–Crippen MR) is 97.8 cm³/mol. The lowest BCUT2D eigenvalue weighted by Crippen LogP contribution is -2.49. The van der Waals surface area contributed by atoms with Crippen LogP contribution in [0.1, 0.15) is 26.2 Å². The van der Waals surface area contributed by atoms with Gasteiger partial charge in [0.1, 0.15) is 0 Å². The molecule has 1 saturated heterocycles. The lowest BCUT2D eigenvalue weighted by molar-refractivity contribution is -0.134. The third-order valence-corrected chi connectivity index (χ3v) is 5.51. The van der Waals surface area contributed by atoms with E-state index < -0.39 is 0 Å². The van der Waals surface area contributed by atoms with E-state index in [1.165, 1.54) is 0 Å². The van der Waals surface area contributed by atoms with Gasteiger partial charge in [0.25, 0.3) is 0 Å². The Morgan fingerprint density at radius 1 is 1.33 bits per heavy atom. The molecule has 5 nitrogen and oxygen atoms in total. The van der Waals surface area contributed by atoms with Crippen molar-refractivity contribution < 1.29 is 14.3 Å². The number of nitrogens with zero attached hydrogens (tertiary/aromatic N) is 1. The number of benzene rings is 1. The molecule has 1 amide bonds. The van der Waals surface area contributed by atoms with Crippen LogP contribution in [0.2, 0.25) is 0 Å². The first-order valence-corrected chi connectivity index (χ1v) is 9.42. The molecule has 0 radical (unpaired) electrons. The number of methoxy groups -OCH3 is 2. The molecule has 2 N–H and O–H groups in total. The van der Waals surface area contributed by atoms with Crippen LogP contribution in [-0.2, 0) is 4.79 Å². The first-order valence-electron chi connectivity index (χ1n) is 8.43. The Labute approximate surface area is 148 Å². The number of amides is 1. The minimum Gasteiger partial charge on any atom is -0.493 e. The average molecular weight is 353 g/mol. The summed E-state index contributed by atoms with van der Waals surface area (Å²) in [5.41, 5.74) is 5.85. The van der Waals surface area contributed by atoms with E-state index in [2.05, 4.69) is 6.92 Å². The Morgan fingerprint density at radius 3 is 2.75 bits per heavy atom. The van der Waals surface area contributed by atoms with Crippen molar-refractivity contribution in [3.63, 3.8) is 0 Å². The largest absolute Gasteiger partial charge is 0.493 e. The third kappa shape index (κ3) is 4.80. The molecule has 1 aromatic rings. The van der Waals surface area contributed by atoms with Crippen molar-refractivity contribution in [1.82, 2.24) is 4.90 Å². The minimum absolute atomic E-state index is 0.201.